The number of pyridine rings is 4. The minimum Gasteiger partial charge on any atom is -0.377 e. The van der Waals surface area contributed by atoms with Crippen molar-refractivity contribution >= 4 is 78.2 Å². The first-order chi connectivity index (χ1) is 29.1. The van der Waals surface area contributed by atoms with Crippen LogP contribution >= 0.6 is 23.2 Å². The topological polar surface area (TPSA) is 58.2 Å². The van der Waals surface area contributed by atoms with E-state index in [1.807, 2.05) is 36.4 Å². The third-order valence-corrected chi connectivity index (χ3v) is 12.5. The lowest BCUT2D eigenvalue weighted by molar-refractivity contribution is -0.697. The Hall–Kier alpha value is -4.92. The second-order valence-electron chi connectivity index (χ2n) is 16.8. The van der Waals surface area contributed by atoms with Gasteiger partial charge in [0, 0.05) is 121 Å². The Morgan fingerprint density at radius 3 is 1.13 bits per heavy atom. The van der Waals surface area contributed by atoms with Crippen molar-refractivity contribution in [1.82, 2.24) is 9.13 Å². The van der Waals surface area contributed by atoms with Crippen molar-refractivity contribution in [3.8, 4) is 0 Å². The maximum absolute atomic E-state index is 14.3. The number of anilines is 2. The van der Waals surface area contributed by atoms with Crippen LogP contribution in [0, 0.1) is 0 Å². The van der Waals surface area contributed by atoms with Gasteiger partial charge in [0.2, 0.25) is 0 Å². The summed E-state index contributed by atoms with van der Waals surface area (Å²) in [6, 6.07) is 23.8. The van der Waals surface area contributed by atoms with Gasteiger partial charge in [-0.15, -0.1) is 0 Å². The maximum atomic E-state index is 14.3. The number of unbranched alkanes of at least 4 members (excludes halogenated alkanes) is 10. The fourth-order valence-electron chi connectivity index (χ4n) is 8.61. The lowest BCUT2D eigenvalue weighted by Gasteiger charge is -2.19. The van der Waals surface area contributed by atoms with Crippen molar-refractivity contribution in [2.24, 2.45) is 0 Å². The number of benzene rings is 3. The average Bonchev–Trinajstić information content (AvgIpc) is 3.24. The van der Waals surface area contributed by atoms with E-state index < -0.39 is 0 Å². The van der Waals surface area contributed by atoms with Gasteiger partial charge in [-0.3, -0.25) is 9.59 Å². The molecule has 0 saturated carbocycles. The fourth-order valence-corrected chi connectivity index (χ4v) is 8.95. The molecule has 0 aliphatic carbocycles. The number of fused-ring (bicyclic) bond motifs is 4. The Labute approximate surface area is 364 Å². The van der Waals surface area contributed by atoms with E-state index in [2.05, 4.69) is 105 Å². The summed E-state index contributed by atoms with van der Waals surface area (Å²) in [5.41, 5.74) is 5.57. The molecule has 0 saturated heterocycles. The van der Waals surface area contributed by atoms with Gasteiger partial charge >= 0.3 is 0 Å². The Balaban J connectivity index is 1.06. The van der Waals surface area contributed by atoms with Gasteiger partial charge in [-0.2, -0.15) is 0 Å². The number of rotatable bonds is 20. The number of hydrogen-bond acceptors (Lipinski definition) is 4. The summed E-state index contributed by atoms with van der Waals surface area (Å²) < 4.78 is 8.99. The molecule has 0 fully saturated rings. The third kappa shape index (κ3) is 10.2. The molecule has 0 bridgehead atoms. The van der Waals surface area contributed by atoms with Crippen LogP contribution in [0.25, 0.3) is 43.6 Å². The van der Waals surface area contributed by atoms with Crippen LogP contribution in [0.5, 0.6) is 0 Å². The zero-order chi connectivity index (χ0) is 42.2. The Morgan fingerprint density at radius 1 is 0.433 bits per heavy atom. The molecule has 314 valence electrons. The molecular formula is C50H60Cl2N6O2+2. The number of halogens is 2. The highest BCUT2D eigenvalue weighted by atomic mass is 35.5. The van der Waals surface area contributed by atoms with Crippen molar-refractivity contribution in [2.45, 2.75) is 103 Å². The van der Waals surface area contributed by atoms with E-state index in [4.69, 9.17) is 23.2 Å². The van der Waals surface area contributed by atoms with Gasteiger partial charge in [-0.1, -0.05) is 61.7 Å². The van der Waals surface area contributed by atoms with Crippen molar-refractivity contribution in [3.63, 3.8) is 0 Å². The second-order valence-corrected chi connectivity index (χ2v) is 17.7. The first-order valence-electron chi connectivity index (χ1n) is 21.8. The molecule has 3 aromatic carbocycles. The molecule has 0 spiro atoms. The van der Waals surface area contributed by atoms with E-state index >= 15 is 0 Å². The van der Waals surface area contributed by atoms with Crippen molar-refractivity contribution in [1.29, 1.82) is 0 Å². The number of hydrogen-bond donors (Lipinski definition) is 0. The van der Waals surface area contributed by atoms with Crippen LogP contribution < -0.4 is 29.8 Å². The van der Waals surface area contributed by atoms with E-state index in [0.29, 0.717) is 31.6 Å². The molecule has 0 radical (unpaired) electrons. The van der Waals surface area contributed by atoms with Gasteiger partial charge in [0.05, 0.1) is 22.1 Å². The molecule has 0 unspecified atom stereocenters. The maximum Gasteiger partial charge on any atom is 0.197 e. The highest BCUT2D eigenvalue weighted by Crippen LogP contribution is 2.29. The highest BCUT2D eigenvalue weighted by molar-refractivity contribution is 6.31. The molecule has 0 aliphatic heterocycles. The van der Waals surface area contributed by atoms with E-state index in [1.165, 1.54) is 37.1 Å². The second kappa shape index (κ2) is 20.1. The summed E-state index contributed by atoms with van der Waals surface area (Å²) >= 11 is 13.0. The summed E-state index contributed by atoms with van der Waals surface area (Å²) in [6.07, 6.45) is 22.1. The quantitative estimate of drug-likeness (QED) is 0.0436. The molecule has 0 aliphatic rings. The fraction of sp³-hybridized carbons (Fsp3) is 0.400. The number of nitrogens with zero attached hydrogens (tertiary/aromatic N) is 6. The number of aromatic nitrogens is 4. The van der Waals surface area contributed by atoms with Crippen LogP contribution in [-0.4, -0.2) is 37.3 Å². The lowest BCUT2D eigenvalue weighted by atomic mass is 10.0. The van der Waals surface area contributed by atoms with Gasteiger partial charge in [-0.05, 0) is 74.2 Å². The Bertz CT molecular complexity index is 2500. The summed E-state index contributed by atoms with van der Waals surface area (Å²) in [6.45, 7) is 3.53. The van der Waals surface area contributed by atoms with Gasteiger partial charge in [0.15, 0.2) is 35.6 Å². The van der Waals surface area contributed by atoms with Crippen LogP contribution in [0.3, 0.4) is 0 Å². The number of aryl methyl sites for hydroxylation is 4. The SMILES string of the molecule is CN(C)c1cc[n+](CCCCCCCCn2c3ccc(Cl)cc3c(=O)c3cc4c(cc32)c(=O)c2cc(Cl)ccc2n4CCCCCCCC[n+]2ccc(N(C)C)cc2)cc1. The molecular weight excluding hydrogens is 787 g/mol. The summed E-state index contributed by atoms with van der Waals surface area (Å²) in [7, 11) is 8.25. The minimum atomic E-state index is -0.0584. The van der Waals surface area contributed by atoms with E-state index in [-0.39, 0.29) is 10.9 Å². The minimum absolute atomic E-state index is 0.0584. The van der Waals surface area contributed by atoms with Crippen molar-refractivity contribution in [3.05, 3.63) is 128 Å². The smallest absolute Gasteiger partial charge is 0.197 e. The predicted molar refractivity (Wildman–Crippen MR) is 252 cm³/mol. The average molecular weight is 848 g/mol. The van der Waals surface area contributed by atoms with Gasteiger partial charge in [0.1, 0.15) is 13.1 Å². The molecule has 7 aromatic rings. The Kier molecular flexibility index (Phi) is 14.5. The highest BCUT2D eigenvalue weighted by Gasteiger charge is 2.18. The van der Waals surface area contributed by atoms with Crippen LogP contribution in [0.1, 0.15) is 77.0 Å². The molecule has 10 heteroatoms. The molecule has 0 atom stereocenters. The zero-order valence-corrected chi connectivity index (χ0v) is 37.3. The summed E-state index contributed by atoms with van der Waals surface area (Å²) in [4.78, 5) is 32.8. The lowest BCUT2D eigenvalue weighted by Crippen LogP contribution is -2.32. The van der Waals surface area contributed by atoms with Crippen LogP contribution in [0.4, 0.5) is 11.4 Å². The van der Waals surface area contributed by atoms with Gasteiger partial charge in [-0.25, -0.2) is 9.13 Å². The normalized spacial score (nSPS) is 11.7. The predicted octanol–water partition coefficient (Wildman–Crippen LogP) is 10.7. The Morgan fingerprint density at radius 2 is 0.767 bits per heavy atom. The van der Waals surface area contributed by atoms with Crippen molar-refractivity contribution in [2.75, 3.05) is 38.0 Å². The molecule has 60 heavy (non-hydrogen) atoms. The van der Waals surface area contributed by atoms with E-state index in [1.54, 1.807) is 12.1 Å². The van der Waals surface area contributed by atoms with Crippen LogP contribution in [0.2, 0.25) is 10.0 Å². The van der Waals surface area contributed by atoms with Gasteiger partial charge in [0.25, 0.3) is 0 Å². The van der Waals surface area contributed by atoms with Gasteiger partial charge < -0.3 is 18.9 Å². The van der Waals surface area contributed by atoms with Crippen molar-refractivity contribution < 1.29 is 9.13 Å². The standard InChI is InChI=1S/C50H60Cl2N6O2/c1-53(2)39-21-29-55(30-22-39)25-13-9-5-7-11-15-27-57-45-19-17-37(51)33-41(45)49(59)43-36-48-44(35-47(43)57)50(60)42-34-38(52)18-20-46(42)58(48)28-16-12-8-6-10-14-26-56-31-23-40(24-32-56)54(3)4/h17-24,29-36H,5-16,25-28H2,1-4H3/q+2. The van der Waals surface area contributed by atoms with E-state index in [9.17, 15) is 9.59 Å². The summed E-state index contributed by atoms with van der Waals surface area (Å²) in [5.74, 6) is 0. The molecule has 4 aromatic heterocycles. The van der Waals surface area contributed by atoms with Crippen LogP contribution in [-0.2, 0) is 26.2 Å². The summed E-state index contributed by atoms with van der Waals surface area (Å²) in [5, 5.41) is 3.52. The molecule has 0 amide bonds. The first kappa shape index (κ1) is 43.2. The van der Waals surface area contributed by atoms with E-state index in [0.717, 1.165) is 99.6 Å². The molecule has 8 nitrogen and oxygen atoms in total. The first-order valence-corrected chi connectivity index (χ1v) is 22.6. The largest absolute Gasteiger partial charge is 0.377 e. The monoisotopic (exact) mass is 846 g/mol. The molecule has 0 N–H and O–H groups in total. The molecule has 7 rings (SSSR count). The van der Waals surface area contributed by atoms with Crippen LogP contribution in [0.15, 0.2) is 107 Å². The molecule has 4 heterocycles. The zero-order valence-electron chi connectivity index (χ0n) is 35.8. The third-order valence-electron chi connectivity index (χ3n) is 12.0.